The van der Waals surface area contributed by atoms with Crippen LogP contribution in [0.4, 0.5) is 0 Å². The van der Waals surface area contributed by atoms with Crippen LogP contribution in [0.25, 0.3) is 10.8 Å². The maximum Gasteiger partial charge on any atom is 0.290 e. The fourth-order valence-corrected chi connectivity index (χ4v) is 3.11. The molecule has 0 aliphatic heterocycles. The van der Waals surface area contributed by atoms with Crippen LogP contribution in [0.1, 0.15) is 43.1 Å². The summed E-state index contributed by atoms with van der Waals surface area (Å²) in [5.41, 5.74) is 4.75. The second-order valence-corrected chi connectivity index (χ2v) is 6.39. The molecule has 1 aliphatic carbocycles. The van der Waals surface area contributed by atoms with Crippen LogP contribution in [0.2, 0.25) is 0 Å². The number of aromatic nitrogens is 2. The van der Waals surface area contributed by atoms with Gasteiger partial charge >= 0.3 is 0 Å². The molecule has 0 saturated heterocycles. The van der Waals surface area contributed by atoms with E-state index >= 15 is 0 Å². The summed E-state index contributed by atoms with van der Waals surface area (Å²) in [5.74, 6) is -0.570. The van der Waals surface area contributed by atoms with E-state index in [2.05, 4.69) is 22.0 Å². The number of nitrogens with zero attached hydrogens (tertiary/aromatic N) is 2. The molecule has 0 unspecified atom stereocenters. The lowest BCUT2D eigenvalue weighted by molar-refractivity contribution is -0.122. The van der Waals surface area contributed by atoms with E-state index in [1.54, 1.807) is 24.3 Å². The molecule has 1 aromatic heterocycles. The number of aryl methyl sites for hydroxylation is 1. The first-order valence-electron chi connectivity index (χ1n) is 8.86. The lowest BCUT2D eigenvalue weighted by Gasteiger charge is -2.12. The molecule has 0 radical (unpaired) electrons. The van der Waals surface area contributed by atoms with Crippen molar-refractivity contribution in [2.24, 2.45) is 5.92 Å². The quantitative estimate of drug-likeness (QED) is 0.634. The van der Waals surface area contributed by atoms with E-state index in [0.717, 1.165) is 19.3 Å². The number of hydrazine groups is 1. The summed E-state index contributed by atoms with van der Waals surface area (Å²) in [4.78, 5) is 37.0. The Labute approximate surface area is 151 Å². The third-order valence-electron chi connectivity index (χ3n) is 4.39. The molecule has 136 valence electrons. The predicted octanol–water partition coefficient (Wildman–Crippen LogP) is 1.92. The van der Waals surface area contributed by atoms with E-state index < -0.39 is 5.91 Å². The van der Waals surface area contributed by atoms with Crippen molar-refractivity contribution in [3.8, 4) is 0 Å². The summed E-state index contributed by atoms with van der Waals surface area (Å²) in [5, 5.41) is 5.10. The van der Waals surface area contributed by atoms with Crippen molar-refractivity contribution in [3.63, 3.8) is 0 Å². The summed E-state index contributed by atoms with van der Waals surface area (Å²) < 4.78 is 1.29. The van der Waals surface area contributed by atoms with Crippen molar-refractivity contribution < 1.29 is 9.59 Å². The van der Waals surface area contributed by atoms with Crippen LogP contribution in [0.3, 0.4) is 0 Å². The van der Waals surface area contributed by atoms with Crippen LogP contribution in [0, 0.1) is 5.92 Å². The van der Waals surface area contributed by atoms with Gasteiger partial charge in [-0.2, -0.15) is 5.10 Å². The minimum Gasteiger partial charge on any atom is -0.273 e. The van der Waals surface area contributed by atoms with Gasteiger partial charge in [0.25, 0.3) is 11.5 Å². The number of hydrogen-bond acceptors (Lipinski definition) is 4. The minimum atomic E-state index is -0.540. The molecule has 0 spiro atoms. The lowest BCUT2D eigenvalue weighted by atomic mass is 10.1. The van der Waals surface area contributed by atoms with Gasteiger partial charge in [0.15, 0.2) is 5.69 Å². The number of carbonyl (C=O) groups excluding carboxylic acids is 2. The van der Waals surface area contributed by atoms with Gasteiger partial charge in [-0.25, -0.2) is 4.68 Å². The average Bonchev–Trinajstić information content (AvgIpc) is 3.15. The van der Waals surface area contributed by atoms with Crippen molar-refractivity contribution in [3.05, 3.63) is 52.5 Å². The van der Waals surface area contributed by atoms with Crippen LogP contribution in [-0.4, -0.2) is 21.6 Å². The van der Waals surface area contributed by atoms with E-state index in [1.807, 2.05) is 13.0 Å². The molecule has 26 heavy (non-hydrogen) atoms. The second kappa shape index (κ2) is 7.95. The first-order valence-corrected chi connectivity index (χ1v) is 8.86. The molecule has 0 fully saturated rings. The Morgan fingerprint density at radius 2 is 2.00 bits per heavy atom. The normalized spacial score (nSPS) is 16.0. The molecule has 1 aromatic carbocycles. The topological polar surface area (TPSA) is 93.1 Å². The van der Waals surface area contributed by atoms with Crippen LogP contribution in [-0.2, 0) is 11.3 Å². The number of rotatable bonds is 5. The zero-order chi connectivity index (χ0) is 18.5. The third-order valence-corrected chi connectivity index (χ3v) is 4.39. The van der Waals surface area contributed by atoms with Crippen molar-refractivity contribution in [1.29, 1.82) is 0 Å². The summed E-state index contributed by atoms with van der Waals surface area (Å²) in [6.45, 7) is 2.35. The zero-order valence-electron chi connectivity index (χ0n) is 14.7. The van der Waals surface area contributed by atoms with Crippen LogP contribution < -0.4 is 16.4 Å². The van der Waals surface area contributed by atoms with Gasteiger partial charge in [0.1, 0.15) is 0 Å². The molecule has 1 heterocycles. The number of carbonyl (C=O) groups is 2. The Kier molecular flexibility index (Phi) is 5.46. The SMILES string of the molecule is CCCn1nc(C(=O)NNC(=O)C[C@H]2C=CCC2)c2ccccc2c1=O. The number of allylic oxidation sites excluding steroid dienone is 2. The molecule has 1 aliphatic rings. The first-order chi connectivity index (χ1) is 12.6. The van der Waals surface area contributed by atoms with E-state index in [0.29, 0.717) is 23.7 Å². The van der Waals surface area contributed by atoms with Crippen LogP contribution in [0.15, 0.2) is 41.2 Å². The average molecular weight is 354 g/mol. The highest BCUT2D eigenvalue weighted by Crippen LogP contribution is 2.19. The number of hydrogen-bond donors (Lipinski definition) is 2. The number of benzene rings is 1. The van der Waals surface area contributed by atoms with E-state index in [-0.39, 0.29) is 23.1 Å². The van der Waals surface area contributed by atoms with Gasteiger partial charge in [0.2, 0.25) is 5.91 Å². The molecular weight excluding hydrogens is 332 g/mol. The molecule has 7 heteroatoms. The molecule has 7 nitrogen and oxygen atoms in total. The molecule has 2 aromatic rings. The molecule has 1 atom stereocenters. The van der Waals surface area contributed by atoms with Gasteiger partial charge < -0.3 is 0 Å². The Morgan fingerprint density at radius 1 is 1.23 bits per heavy atom. The molecule has 3 rings (SSSR count). The Balaban J connectivity index is 1.78. The number of amides is 2. The van der Waals surface area contributed by atoms with Gasteiger partial charge in [0.05, 0.1) is 5.39 Å². The number of fused-ring (bicyclic) bond motifs is 1. The van der Waals surface area contributed by atoms with Crippen LogP contribution in [0.5, 0.6) is 0 Å². The Hall–Kier alpha value is -2.96. The summed E-state index contributed by atoms with van der Waals surface area (Å²) >= 11 is 0. The minimum absolute atomic E-state index is 0.120. The molecule has 2 N–H and O–H groups in total. The van der Waals surface area contributed by atoms with E-state index in [4.69, 9.17) is 0 Å². The van der Waals surface area contributed by atoms with Crippen molar-refractivity contribution in [1.82, 2.24) is 20.6 Å². The monoisotopic (exact) mass is 354 g/mol. The molecular formula is C19H22N4O3. The fraction of sp³-hybridized carbons (Fsp3) is 0.368. The first kappa shape index (κ1) is 17.8. The highest BCUT2D eigenvalue weighted by atomic mass is 16.2. The number of nitrogens with one attached hydrogen (secondary N) is 2. The van der Waals surface area contributed by atoms with Gasteiger partial charge in [-0.1, -0.05) is 37.3 Å². The van der Waals surface area contributed by atoms with Gasteiger partial charge in [0, 0.05) is 18.4 Å². The Morgan fingerprint density at radius 3 is 2.69 bits per heavy atom. The van der Waals surface area contributed by atoms with Crippen molar-refractivity contribution in [2.75, 3.05) is 0 Å². The predicted molar refractivity (Wildman–Crippen MR) is 98.4 cm³/mol. The third kappa shape index (κ3) is 3.82. The standard InChI is InChI=1S/C19H22N4O3/c1-2-11-23-19(26)15-10-6-5-9-14(15)17(22-23)18(25)21-20-16(24)12-13-7-3-4-8-13/h3,5-7,9-10,13H,2,4,8,11-12H2,1H3,(H,20,24)(H,21,25)/t13-/m0/s1. The highest BCUT2D eigenvalue weighted by molar-refractivity contribution is 6.05. The largest absolute Gasteiger partial charge is 0.290 e. The highest BCUT2D eigenvalue weighted by Gasteiger charge is 2.18. The molecule has 2 amide bonds. The van der Waals surface area contributed by atoms with Crippen molar-refractivity contribution in [2.45, 2.75) is 39.2 Å². The lowest BCUT2D eigenvalue weighted by Crippen LogP contribution is -2.43. The smallest absolute Gasteiger partial charge is 0.273 e. The maximum absolute atomic E-state index is 12.6. The van der Waals surface area contributed by atoms with Crippen LogP contribution >= 0.6 is 0 Å². The fourth-order valence-electron chi connectivity index (χ4n) is 3.11. The van der Waals surface area contributed by atoms with E-state index in [9.17, 15) is 14.4 Å². The molecule has 0 bridgehead atoms. The van der Waals surface area contributed by atoms with E-state index in [1.165, 1.54) is 4.68 Å². The maximum atomic E-state index is 12.6. The van der Waals surface area contributed by atoms with Gasteiger partial charge in [-0.05, 0) is 31.2 Å². The second-order valence-electron chi connectivity index (χ2n) is 6.39. The van der Waals surface area contributed by atoms with Gasteiger partial charge in [-0.3, -0.25) is 25.2 Å². The summed E-state index contributed by atoms with van der Waals surface area (Å²) in [6.07, 6.45) is 7.08. The summed E-state index contributed by atoms with van der Waals surface area (Å²) in [7, 11) is 0. The molecule has 0 saturated carbocycles. The van der Waals surface area contributed by atoms with Crippen molar-refractivity contribution >= 4 is 22.6 Å². The van der Waals surface area contributed by atoms with Gasteiger partial charge in [-0.15, -0.1) is 0 Å². The Bertz CT molecular complexity index is 917. The summed E-state index contributed by atoms with van der Waals surface area (Å²) in [6, 6.07) is 6.85. The zero-order valence-corrected chi connectivity index (χ0v) is 14.7.